The van der Waals surface area contributed by atoms with Crippen LogP contribution in [0.3, 0.4) is 0 Å². The molecule has 0 aromatic carbocycles. The molecule has 1 N–H and O–H groups in total. The van der Waals surface area contributed by atoms with E-state index in [0.29, 0.717) is 11.0 Å². The summed E-state index contributed by atoms with van der Waals surface area (Å²) in [5.41, 5.74) is 0.901. The van der Waals surface area contributed by atoms with Gasteiger partial charge in [0.25, 0.3) is 0 Å². The van der Waals surface area contributed by atoms with Crippen molar-refractivity contribution in [3.8, 4) is 0 Å². The fourth-order valence-corrected chi connectivity index (χ4v) is 3.07. The van der Waals surface area contributed by atoms with Crippen LogP contribution in [-0.4, -0.2) is 39.4 Å². The predicted octanol–water partition coefficient (Wildman–Crippen LogP) is 1.58. The number of thioether (sulfide) groups is 1. The number of nitrogens with zero attached hydrogens (tertiary/aromatic N) is 2. The van der Waals surface area contributed by atoms with E-state index in [-0.39, 0.29) is 12.0 Å². The molecule has 100 valence electrons. The average molecular weight is 269 g/mol. The summed E-state index contributed by atoms with van der Waals surface area (Å²) in [4.78, 5) is 11.8. The van der Waals surface area contributed by atoms with Gasteiger partial charge in [0.1, 0.15) is 5.82 Å². The minimum atomic E-state index is 0.0158. The first-order valence-electron chi connectivity index (χ1n) is 6.10. The Balaban J connectivity index is 1.80. The lowest BCUT2D eigenvalue weighted by molar-refractivity contribution is -0.113. The second-order valence-electron chi connectivity index (χ2n) is 4.56. The Morgan fingerprint density at radius 1 is 1.72 bits per heavy atom. The number of hydrogen-bond acceptors (Lipinski definition) is 4. The monoisotopic (exact) mass is 269 g/mol. The molecule has 1 aliphatic rings. The molecule has 1 aromatic rings. The van der Waals surface area contributed by atoms with E-state index in [9.17, 15) is 4.79 Å². The summed E-state index contributed by atoms with van der Waals surface area (Å²) in [5, 5.41) is 7.49. The van der Waals surface area contributed by atoms with Crippen LogP contribution in [0.2, 0.25) is 0 Å². The Morgan fingerprint density at radius 3 is 3.06 bits per heavy atom. The molecule has 18 heavy (non-hydrogen) atoms. The van der Waals surface area contributed by atoms with Gasteiger partial charge in [-0.25, -0.2) is 0 Å². The maximum atomic E-state index is 11.8. The van der Waals surface area contributed by atoms with Crippen molar-refractivity contribution in [2.75, 3.05) is 17.7 Å². The van der Waals surface area contributed by atoms with Gasteiger partial charge in [-0.05, 0) is 20.3 Å². The Morgan fingerprint density at radius 2 is 2.50 bits per heavy atom. The van der Waals surface area contributed by atoms with Crippen molar-refractivity contribution in [2.45, 2.75) is 31.6 Å². The molecule has 0 saturated carbocycles. The van der Waals surface area contributed by atoms with Gasteiger partial charge in [0.15, 0.2) is 0 Å². The van der Waals surface area contributed by atoms with Crippen molar-refractivity contribution < 1.29 is 9.53 Å². The Labute approximate surface area is 111 Å². The molecule has 2 rings (SSSR count). The zero-order chi connectivity index (χ0) is 13.1. The first-order valence-corrected chi connectivity index (χ1v) is 7.15. The number of carbonyl (C=O) groups excluding carboxylic acids is 1. The van der Waals surface area contributed by atoms with E-state index in [2.05, 4.69) is 17.3 Å². The first kappa shape index (κ1) is 13.4. The molecule has 2 heterocycles. The second-order valence-corrected chi connectivity index (χ2v) is 5.78. The van der Waals surface area contributed by atoms with Gasteiger partial charge in [-0.3, -0.25) is 9.48 Å². The van der Waals surface area contributed by atoms with Crippen LogP contribution in [0.25, 0.3) is 0 Å². The number of aromatic nitrogens is 2. The summed E-state index contributed by atoms with van der Waals surface area (Å²) < 4.78 is 7.15. The first-order chi connectivity index (χ1) is 8.56. The van der Waals surface area contributed by atoms with Crippen LogP contribution in [0.1, 0.15) is 19.0 Å². The van der Waals surface area contributed by atoms with Gasteiger partial charge < -0.3 is 10.1 Å². The molecule has 6 heteroatoms. The average Bonchev–Trinajstić information content (AvgIpc) is 2.83. The number of ether oxygens (including phenoxy) is 1. The Kier molecular flexibility index (Phi) is 4.29. The molecule has 0 bridgehead atoms. The normalized spacial score (nSPS) is 23.3. The van der Waals surface area contributed by atoms with Crippen molar-refractivity contribution in [3.63, 3.8) is 0 Å². The third-order valence-electron chi connectivity index (χ3n) is 3.00. The molecular formula is C12H19N3O2S. The van der Waals surface area contributed by atoms with Crippen molar-refractivity contribution >= 4 is 23.5 Å². The topological polar surface area (TPSA) is 56.1 Å². The molecular weight excluding hydrogens is 250 g/mol. The maximum absolute atomic E-state index is 11.8. The van der Waals surface area contributed by atoms with Crippen LogP contribution >= 0.6 is 11.8 Å². The van der Waals surface area contributed by atoms with Crippen LogP contribution in [-0.2, 0) is 16.6 Å². The lowest BCUT2D eigenvalue weighted by Gasteiger charge is -2.13. The molecule has 2 atom stereocenters. The van der Waals surface area contributed by atoms with E-state index in [1.165, 1.54) is 0 Å². The molecule has 5 nitrogen and oxygen atoms in total. The Hall–Kier alpha value is -1.01. The van der Waals surface area contributed by atoms with Crippen molar-refractivity contribution in [2.24, 2.45) is 7.05 Å². The number of hydrogen-bond donors (Lipinski definition) is 1. The summed E-state index contributed by atoms with van der Waals surface area (Å²) in [6.45, 7) is 4.77. The van der Waals surface area contributed by atoms with Crippen molar-refractivity contribution in [3.05, 3.63) is 11.8 Å². The van der Waals surface area contributed by atoms with Crippen LogP contribution in [0.4, 0.5) is 5.82 Å². The van der Waals surface area contributed by atoms with Gasteiger partial charge in [0, 0.05) is 25.0 Å². The van der Waals surface area contributed by atoms with Gasteiger partial charge in [-0.2, -0.15) is 5.10 Å². The van der Waals surface area contributed by atoms with Gasteiger partial charge in [-0.15, -0.1) is 11.8 Å². The third-order valence-corrected chi connectivity index (χ3v) is 4.48. The third kappa shape index (κ3) is 3.26. The van der Waals surface area contributed by atoms with E-state index < -0.39 is 0 Å². The highest BCUT2D eigenvalue weighted by Crippen LogP contribution is 2.26. The SMILES string of the molecule is Cc1cc(NC(=O)CS[C@H]2CCO[C@H]2C)n(C)n1. The highest BCUT2D eigenvalue weighted by atomic mass is 32.2. The van der Waals surface area contributed by atoms with Crippen LogP contribution in [0, 0.1) is 6.92 Å². The molecule has 0 radical (unpaired) electrons. The van der Waals surface area contributed by atoms with Gasteiger partial charge >= 0.3 is 0 Å². The standard InChI is InChI=1S/C12H19N3O2S/c1-8-6-11(15(3)14-8)13-12(16)7-18-10-4-5-17-9(10)2/h6,9-10H,4-5,7H2,1-3H3,(H,13,16)/t9-,10-/m0/s1. The number of aryl methyl sites for hydroxylation is 2. The van der Waals surface area contributed by atoms with Crippen LogP contribution < -0.4 is 5.32 Å². The lowest BCUT2D eigenvalue weighted by atomic mass is 10.3. The maximum Gasteiger partial charge on any atom is 0.235 e. The zero-order valence-corrected chi connectivity index (χ0v) is 11.8. The summed E-state index contributed by atoms with van der Waals surface area (Å²) >= 11 is 1.67. The molecule has 0 spiro atoms. The quantitative estimate of drug-likeness (QED) is 0.901. The smallest absolute Gasteiger partial charge is 0.235 e. The fraction of sp³-hybridized carbons (Fsp3) is 0.667. The number of nitrogens with one attached hydrogen (secondary N) is 1. The fourth-order valence-electron chi connectivity index (χ4n) is 2.02. The molecule has 1 saturated heterocycles. The molecule has 0 unspecified atom stereocenters. The second kappa shape index (κ2) is 5.75. The largest absolute Gasteiger partial charge is 0.377 e. The molecule has 1 aliphatic heterocycles. The number of rotatable bonds is 4. The minimum absolute atomic E-state index is 0.0158. The van der Waals surface area contributed by atoms with Crippen LogP contribution in [0.15, 0.2) is 6.07 Å². The lowest BCUT2D eigenvalue weighted by Crippen LogP contribution is -2.20. The summed E-state index contributed by atoms with van der Waals surface area (Å²) in [7, 11) is 1.82. The summed E-state index contributed by atoms with van der Waals surface area (Å²) in [6.07, 6.45) is 1.28. The van der Waals surface area contributed by atoms with E-state index in [1.807, 2.05) is 20.0 Å². The highest BCUT2D eigenvalue weighted by Gasteiger charge is 2.25. The summed E-state index contributed by atoms with van der Waals surface area (Å²) in [6, 6.07) is 1.86. The van der Waals surface area contributed by atoms with Crippen molar-refractivity contribution in [1.82, 2.24) is 9.78 Å². The predicted molar refractivity (Wildman–Crippen MR) is 72.9 cm³/mol. The van der Waals surface area contributed by atoms with Gasteiger partial charge in [0.05, 0.1) is 17.6 Å². The van der Waals surface area contributed by atoms with E-state index >= 15 is 0 Å². The zero-order valence-electron chi connectivity index (χ0n) is 11.0. The molecule has 1 fully saturated rings. The van der Waals surface area contributed by atoms with E-state index in [0.717, 1.165) is 24.5 Å². The van der Waals surface area contributed by atoms with Gasteiger partial charge in [-0.1, -0.05) is 0 Å². The van der Waals surface area contributed by atoms with Gasteiger partial charge in [0.2, 0.25) is 5.91 Å². The summed E-state index contributed by atoms with van der Waals surface area (Å²) in [5.74, 6) is 1.22. The van der Waals surface area contributed by atoms with Crippen molar-refractivity contribution in [1.29, 1.82) is 0 Å². The highest BCUT2D eigenvalue weighted by molar-refractivity contribution is 8.00. The van der Waals surface area contributed by atoms with Crippen LogP contribution in [0.5, 0.6) is 0 Å². The Bertz CT molecular complexity index is 433. The molecule has 1 aromatic heterocycles. The number of carbonyl (C=O) groups is 1. The number of anilines is 1. The molecule has 1 amide bonds. The van der Waals surface area contributed by atoms with E-state index in [4.69, 9.17) is 4.74 Å². The van der Waals surface area contributed by atoms with E-state index in [1.54, 1.807) is 16.4 Å². The number of amides is 1. The molecule has 0 aliphatic carbocycles. The minimum Gasteiger partial charge on any atom is -0.377 e.